The van der Waals surface area contributed by atoms with E-state index < -0.39 is 51.5 Å². The molecule has 0 saturated heterocycles. The lowest BCUT2D eigenvalue weighted by Crippen LogP contribution is -2.09. The van der Waals surface area contributed by atoms with Gasteiger partial charge in [0.1, 0.15) is 17.3 Å². The van der Waals surface area contributed by atoms with Crippen molar-refractivity contribution >= 4 is 23.3 Å². The van der Waals surface area contributed by atoms with Crippen LogP contribution in [0.3, 0.4) is 0 Å². The van der Waals surface area contributed by atoms with Gasteiger partial charge in [0.2, 0.25) is 5.75 Å². The Morgan fingerprint density at radius 3 is 2.29 bits per heavy atom. The van der Waals surface area contributed by atoms with Crippen LogP contribution in [0.4, 0.5) is 23.2 Å². The molecular formula is C21H12ClF4NO7. The number of carbonyl (C=O) groups is 1. The van der Waals surface area contributed by atoms with E-state index in [9.17, 15) is 32.5 Å². The molecule has 0 heterocycles. The second-order valence-corrected chi connectivity index (χ2v) is 6.89. The summed E-state index contributed by atoms with van der Waals surface area (Å²) in [5, 5.41) is 19.6. The molecule has 0 aliphatic rings. The Labute approximate surface area is 193 Å². The summed E-state index contributed by atoms with van der Waals surface area (Å²) in [6, 6.07) is 9.64. The molecule has 0 spiro atoms. The number of halogens is 5. The van der Waals surface area contributed by atoms with Gasteiger partial charge in [-0.3, -0.25) is 10.1 Å². The number of hydrogen-bond acceptors (Lipinski definition) is 6. The summed E-state index contributed by atoms with van der Waals surface area (Å²) in [6.45, 7) is -0.705. The average Bonchev–Trinajstić information content (AvgIpc) is 2.74. The summed E-state index contributed by atoms with van der Waals surface area (Å²) in [5.41, 5.74) is -2.11. The highest BCUT2D eigenvalue weighted by Gasteiger charge is 2.35. The van der Waals surface area contributed by atoms with E-state index in [-0.39, 0.29) is 23.0 Å². The molecular weight excluding hydrogens is 490 g/mol. The van der Waals surface area contributed by atoms with Crippen LogP contribution in [0.25, 0.3) is 0 Å². The Kier molecular flexibility index (Phi) is 7.11. The highest BCUT2D eigenvalue weighted by atomic mass is 35.5. The first-order chi connectivity index (χ1) is 16.0. The predicted molar refractivity (Wildman–Crippen MR) is 109 cm³/mol. The van der Waals surface area contributed by atoms with Gasteiger partial charge in [-0.1, -0.05) is 23.7 Å². The number of hydrogen-bond donors (Lipinski definition) is 1. The first kappa shape index (κ1) is 24.6. The zero-order valence-electron chi connectivity index (χ0n) is 16.6. The molecule has 8 nitrogen and oxygen atoms in total. The van der Waals surface area contributed by atoms with E-state index in [0.717, 1.165) is 18.2 Å². The summed E-state index contributed by atoms with van der Waals surface area (Å²) >= 11 is 5.79. The van der Waals surface area contributed by atoms with Crippen molar-refractivity contribution in [3.63, 3.8) is 0 Å². The van der Waals surface area contributed by atoms with Crippen molar-refractivity contribution in [2.45, 2.75) is 6.18 Å². The summed E-state index contributed by atoms with van der Waals surface area (Å²) in [7, 11) is 0. The maximum Gasteiger partial charge on any atom is 0.419 e. The number of carboxylic acids is 1. The number of nitro benzene ring substituents is 1. The first-order valence-corrected chi connectivity index (χ1v) is 9.47. The molecule has 0 fully saturated rings. The minimum absolute atomic E-state index is 0.0293. The van der Waals surface area contributed by atoms with Crippen molar-refractivity contribution in [1.29, 1.82) is 0 Å². The maximum atomic E-state index is 13.9. The number of alkyl halides is 3. The minimum Gasteiger partial charge on any atom is -0.479 e. The van der Waals surface area contributed by atoms with Crippen LogP contribution in [-0.2, 0) is 11.0 Å². The van der Waals surface area contributed by atoms with Crippen LogP contribution in [0, 0.1) is 15.9 Å². The van der Waals surface area contributed by atoms with Gasteiger partial charge in [0.15, 0.2) is 18.1 Å². The molecule has 0 aromatic heterocycles. The molecule has 3 aromatic rings. The summed E-state index contributed by atoms with van der Waals surface area (Å²) in [5.74, 6) is -4.02. The number of benzene rings is 3. The number of nitro groups is 1. The Bertz CT molecular complexity index is 1250. The van der Waals surface area contributed by atoms with Gasteiger partial charge in [-0.25, -0.2) is 9.18 Å². The van der Waals surface area contributed by atoms with Crippen LogP contribution < -0.4 is 14.2 Å². The highest BCUT2D eigenvalue weighted by Crippen LogP contribution is 2.42. The molecule has 3 rings (SSSR count). The normalized spacial score (nSPS) is 11.1. The molecule has 0 radical (unpaired) electrons. The van der Waals surface area contributed by atoms with Crippen LogP contribution in [0.15, 0.2) is 54.6 Å². The molecule has 0 bridgehead atoms. The molecule has 0 amide bonds. The molecule has 0 aliphatic carbocycles. The van der Waals surface area contributed by atoms with Crippen LogP contribution >= 0.6 is 11.6 Å². The topological polar surface area (TPSA) is 108 Å². The van der Waals surface area contributed by atoms with E-state index in [1.165, 1.54) is 24.3 Å². The van der Waals surface area contributed by atoms with Gasteiger partial charge in [0.05, 0.1) is 15.5 Å². The van der Waals surface area contributed by atoms with Gasteiger partial charge in [-0.15, -0.1) is 0 Å². The lowest BCUT2D eigenvalue weighted by atomic mass is 10.2. The predicted octanol–water partition coefficient (Wildman–Crippen LogP) is 6.45. The van der Waals surface area contributed by atoms with E-state index >= 15 is 0 Å². The van der Waals surface area contributed by atoms with Gasteiger partial charge in [-0.05, 0) is 24.3 Å². The fourth-order valence-corrected chi connectivity index (χ4v) is 2.86. The highest BCUT2D eigenvalue weighted by molar-refractivity contribution is 6.32. The third-order valence-electron chi connectivity index (χ3n) is 4.10. The number of carboxylic acid groups (broad SMARTS) is 1. The second kappa shape index (κ2) is 9.83. The molecule has 34 heavy (non-hydrogen) atoms. The molecule has 0 aliphatic heterocycles. The Morgan fingerprint density at radius 2 is 1.68 bits per heavy atom. The fourth-order valence-electron chi connectivity index (χ4n) is 2.65. The Balaban J connectivity index is 1.95. The fraction of sp³-hybridized carbons (Fsp3) is 0.0952. The molecule has 0 atom stereocenters. The summed E-state index contributed by atoms with van der Waals surface area (Å²) < 4.78 is 68.4. The van der Waals surface area contributed by atoms with Crippen LogP contribution in [0.5, 0.6) is 28.7 Å². The average molecular weight is 502 g/mol. The van der Waals surface area contributed by atoms with Crippen LogP contribution in [0.2, 0.25) is 5.02 Å². The second-order valence-electron chi connectivity index (χ2n) is 6.48. The van der Waals surface area contributed by atoms with Crippen LogP contribution in [0.1, 0.15) is 5.56 Å². The molecule has 13 heteroatoms. The van der Waals surface area contributed by atoms with E-state index in [1.54, 1.807) is 0 Å². The van der Waals surface area contributed by atoms with Gasteiger partial charge in [0, 0.05) is 18.2 Å². The minimum atomic E-state index is -4.98. The molecule has 1 N–H and O–H groups in total. The number of ether oxygens (including phenoxy) is 3. The molecule has 3 aromatic carbocycles. The standard InChI is InChI=1S/C21H12ClF4NO7/c22-13-8-12(21(24,25)26)14(23)9-18(13)33-11-5-6-15(27(30)31)19(7-11)34-17-4-2-1-3-16(17)32-10-20(28)29/h1-9H,10H2,(H,28,29). The van der Waals surface area contributed by atoms with E-state index in [1.807, 2.05) is 0 Å². The van der Waals surface area contributed by atoms with Crippen molar-refractivity contribution < 1.29 is 46.6 Å². The number of nitrogens with zero attached hydrogens (tertiary/aromatic N) is 1. The summed E-state index contributed by atoms with van der Waals surface area (Å²) in [6.07, 6.45) is -4.98. The van der Waals surface area contributed by atoms with Gasteiger partial charge in [0.25, 0.3) is 0 Å². The van der Waals surface area contributed by atoms with E-state index in [0.29, 0.717) is 12.1 Å². The monoisotopic (exact) mass is 501 g/mol. The number of aliphatic carboxylic acids is 1. The number of para-hydroxylation sites is 2. The third-order valence-corrected chi connectivity index (χ3v) is 4.40. The summed E-state index contributed by atoms with van der Waals surface area (Å²) in [4.78, 5) is 21.4. The molecule has 0 saturated carbocycles. The van der Waals surface area contributed by atoms with Crippen molar-refractivity contribution in [2.75, 3.05) is 6.61 Å². The van der Waals surface area contributed by atoms with Gasteiger partial charge < -0.3 is 19.3 Å². The third kappa shape index (κ3) is 5.84. The van der Waals surface area contributed by atoms with Gasteiger partial charge >= 0.3 is 17.8 Å². The van der Waals surface area contributed by atoms with E-state index in [2.05, 4.69) is 0 Å². The molecule has 178 valence electrons. The lowest BCUT2D eigenvalue weighted by Gasteiger charge is -2.14. The zero-order chi connectivity index (χ0) is 25.0. The largest absolute Gasteiger partial charge is 0.479 e. The molecule has 0 unspecified atom stereocenters. The SMILES string of the molecule is O=C(O)COc1ccccc1Oc1cc(Oc2cc(F)c(C(F)(F)F)cc2Cl)ccc1[N+](=O)[O-]. The maximum absolute atomic E-state index is 13.9. The van der Waals surface area contributed by atoms with E-state index in [4.69, 9.17) is 30.9 Å². The Hall–Kier alpha value is -4.06. The first-order valence-electron chi connectivity index (χ1n) is 9.09. The van der Waals surface area contributed by atoms with Gasteiger partial charge in [-0.2, -0.15) is 13.2 Å². The smallest absolute Gasteiger partial charge is 0.419 e. The van der Waals surface area contributed by atoms with Crippen molar-refractivity contribution in [2.24, 2.45) is 0 Å². The number of rotatable bonds is 8. The van der Waals surface area contributed by atoms with Crippen molar-refractivity contribution in [3.8, 4) is 28.7 Å². The van der Waals surface area contributed by atoms with Crippen molar-refractivity contribution in [1.82, 2.24) is 0 Å². The zero-order valence-corrected chi connectivity index (χ0v) is 17.4. The lowest BCUT2D eigenvalue weighted by molar-refractivity contribution is -0.385. The quantitative estimate of drug-likeness (QED) is 0.214. The Morgan fingerprint density at radius 1 is 1.00 bits per heavy atom. The van der Waals surface area contributed by atoms with Crippen molar-refractivity contribution in [3.05, 3.63) is 81.1 Å². The van der Waals surface area contributed by atoms with Crippen LogP contribution in [-0.4, -0.2) is 22.6 Å².